The van der Waals surface area contributed by atoms with Crippen LogP contribution >= 0.6 is 0 Å². The number of benzene rings is 4. The molecule has 200 valence electrons. The molecule has 0 aliphatic heterocycles. The second kappa shape index (κ2) is 10.6. The number of carbonyl (C=O) groups is 2. The van der Waals surface area contributed by atoms with E-state index in [9.17, 15) is 31.5 Å². The molecule has 2 N–H and O–H groups in total. The van der Waals surface area contributed by atoms with Crippen molar-refractivity contribution >= 4 is 34.1 Å². The van der Waals surface area contributed by atoms with Gasteiger partial charge >= 0.3 is 12.2 Å². The van der Waals surface area contributed by atoms with E-state index in [1.54, 1.807) is 42.5 Å². The molecule has 0 saturated heterocycles. The number of aromatic nitrogens is 1. The van der Waals surface area contributed by atoms with Crippen molar-refractivity contribution in [2.45, 2.75) is 6.18 Å². The van der Waals surface area contributed by atoms with Gasteiger partial charge in [0.1, 0.15) is 0 Å². The van der Waals surface area contributed by atoms with E-state index in [1.165, 1.54) is 30.3 Å². The molecular weight excluding hydrogens is 529 g/mol. The quantitative estimate of drug-likeness (QED) is 0.173. The SMILES string of the molecule is O=C(Nc1cccc(-c2c(C(=O)c3ccccc3)cnc3c(C(F)(F)F)cccc23)c1)Nc1ccc(F)c(F)c1. The van der Waals surface area contributed by atoms with E-state index in [-0.39, 0.29) is 33.4 Å². The Morgan fingerprint density at radius 3 is 2.12 bits per heavy atom. The number of ketones is 1. The summed E-state index contributed by atoms with van der Waals surface area (Å²) in [5, 5.41) is 5.03. The Morgan fingerprint density at radius 2 is 1.43 bits per heavy atom. The van der Waals surface area contributed by atoms with Crippen LogP contribution in [0.2, 0.25) is 0 Å². The van der Waals surface area contributed by atoms with Gasteiger partial charge < -0.3 is 10.6 Å². The monoisotopic (exact) mass is 547 g/mol. The number of hydrogen-bond donors (Lipinski definition) is 2. The molecule has 0 radical (unpaired) electrons. The highest BCUT2D eigenvalue weighted by molar-refractivity contribution is 6.17. The third kappa shape index (κ3) is 5.37. The van der Waals surface area contributed by atoms with Gasteiger partial charge in [0.25, 0.3) is 0 Å². The smallest absolute Gasteiger partial charge is 0.308 e. The number of rotatable bonds is 5. The first-order valence-corrected chi connectivity index (χ1v) is 11.8. The summed E-state index contributed by atoms with van der Waals surface area (Å²) in [6.07, 6.45) is -3.56. The number of para-hydroxylation sites is 1. The standard InChI is InChI=1S/C30H18F5N3O2/c31-24-13-12-20(15-25(24)32)38-29(40)37-19-9-4-8-18(14-19)26-21-10-5-11-23(30(33,34)35)27(21)36-16-22(26)28(39)17-6-2-1-3-7-17/h1-16H,(H2,37,38,40). The summed E-state index contributed by atoms with van der Waals surface area (Å²) in [4.78, 5) is 30.0. The number of hydrogen-bond acceptors (Lipinski definition) is 3. The van der Waals surface area contributed by atoms with Gasteiger partial charge in [-0.05, 0) is 35.9 Å². The molecule has 5 aromatic rings. The fourth-order valence-electron chi connectivity index (χ4n) is 4.30. The van der Waals surface area contributed by atoms with Crippen molar-refractivity contribution < 1.29 is 31.5 Å². The summed E-state index contributed by atoms with van der Waals surface area (Å²) in [7, 11) is 0. The van der Waals surface area contributed by atoms with Crippen LogP contribution in [0.4, 0.5) is 38.1 Å². The van der Waals surface area contributed by atoms with Crippen LogP contribution in [0.1, 0.15) is 21.5 Å². The summed E-state index contributed by atoms with van der Waals surface area (Å²) < 4.78 is 68.1. The Morgan fingerprint density at radius 1 is 0.725 bits per heavy atom. The largest absolute Gasteiger partial charge is 0.418 e. The van der Waals surface area contributed by atoms with E-state index < -0.39 is 35.2 Å². The lowest BCUT2D eigenvalue weighted by molar-refractivity contribution is -0.136. The Hall–Kier alpha value is -5.12. The summed E-state index contributed by atoms with van der Waals surface area (Å²) >= 11 is 0. The van der Waals surface area contributed by atoms with E-state index in [0.717, 1.165) is 24.4 Å². The second-order valence-electron chi connectivity index (χ2n) is 8.73. The Bertz CT molecular complexity index is 1750. The van der Waals surface area contributed by atoms with Gasteiger partial charge in [0.2, 0.25) is 0 Å². The highest BCUT2D eigenvalue weighted by atomic mass is 19.4. The number of urea groups is 1. The summed E-state index contributed by atoms with van der Waals surface area (Å²) in [5.74, 6) is -2.66. The third-order valence-electron chi connectivity index (χ3n) is 6.07. The minimum atomic E-state index is -4.68. The maximum atomic E-state index is 13.8. The zero-order valence-electron chi connectivity index (χ0n) is 20.4. The number of nitrogens with one attached hydrogen (secondary N) is 2. The summed E-state index contributed by atoms with van der Waals surface area (Å²) in [6, 6.07) is 20.1. The molecule has 0 saturated carbocycles. The van der Waals surface area contributed by atoms with Gasteiger partial charge in [0.15, 0.2) is 17.4 Å². The van der Waals surface area contributed by atoms with Crippen molar-refractivity contribution in [1.29, 1.82) is 0 Å². The van der Waals surface area contributed by atoms with Gasteiger partial charge in [-0.15, -0.1) is 0 Å². The van der Waals surface area contributed by atoms with E-state index in [0.29, 0.717) is 11.1 Å². The number of amides is 2. The molecule has 0 unspecified atom stereocenters. The average Bonchev–Trinajstić information content (AvgIpc) is 2.93. The first-order valence-electron chi connectivity index (χ1n) is 11.8. The number of alkyl halides is 3. The van der Waals surface area contributed by atoms with Crippen molar-refractivity contribution in [3.63, 3.8) is 0 Å². The molecule has 0 bridgehead atoms. The first-order chi connectivity index (χ1) is 19.1. The molecular formula is C30H18F5N3O2. The molecule has 0 aliphatic rings. The molecule has 1 aromatic heterocycles. The molecule has 1 heterocycles. The molecule has 5 nitrogen and oxygen atoms in total. The zero-order valence-corrected chi connectivity index (χ0v) is 20.4. The van der Waals surface area contributed by atoms with Crippen LogP contribution in [0, 0.1) is 11.6 Å². The number of fused-ring (bicyclic) bond motifs is 1. The molecule has 0 fully saturated rings. The lowest BCUT2D eigenvalue weighted by atomic mass is 9.91. The van der Waals surface area contributed by atoms with Crippen molar-refractivity contribution in [2.75, 3.05) is 10.6 Å². The lowest BCUT2D eigenvalue weighted by Crippen LogP contribution is -2.19. The molecule has 4 aromatic carbocycles. The summed E-state index contributed by atoms with van der Waals surface area (Å²) in [6.45, 7) is 0. The Balaban J connectivity index is 1.59. The van der Waals surface area contributed by atoms with Crippen molar-refractivity contribution in [3.05, 3.63) is 126 Å². The molecule has 40 heavy (non-hydrogen) atoms. The zero-order chi connectivity index (χ0) is 28.4. The van der Waals surface area contributed by atoms with Crippen LogP contribution in [0.15, 0.2) is 97.2 Å². The molecule has 2 amide bonds. The predicted octanol–water partition coefficient (Wildman–Crippen LogP) is 8.07. The van der Waals surface area contributed by atoms with Gasteiger partial charge in [0, 0.05) is 45.7 Å². The number of nitrogens with zero attached hydrogens (tertiary/aromatic N) is 1. The van der Waals surface area contributed by atoms with E-state index in [1.807, 2.05) is 0 Å². The van der Waals surface area contributed by atoms with Crippen molar-refractivity contribution in [1.82, 2.24) is 4.98 Å². The first kappa shape index (κ1) is 26.5. The molecule has 0 aliphatic carbocycles. The maximum absolute atomic E-state index is 13.8. The molecule has 10 heteroatoms. The van der Waals surface area contributed by atoms with Gasteiger partial charge in [-0.1, -0.05) is 54.6 Å². The molecule has 0 spiro atoms. The Kier molecular flexibility index (Phi) is 7.00. The maximum Gasteiger partial charge on any atom is 0.418 e. The highest BCUT2D eigenvalue weighted by Gasteiger charge is 2.34. The van der Waals surface area contributed by atoms with Crippen LogP contribution < -0.4 is 10.6 Å². The van der Waals surface area contributed by atoms with Gasteiger partial charge in [0.05, 0.1) is 11.1 Å². The highest BCUT2D eigenvalue weighted by Crippen LogP contribution is 2.39. The van der Waals surface area contributed by atoms with E-state index >= 15 is 0 Å². The number of pyridine rings is 1. The fraction of sp³-hybridized carbons (Fsp3) is 0.0333. The van der Waals surface area contributed by atoms with E-state index in [2.05, 4.69) is 15.6 Å². The lowest BCUT2D eigenvalue weighted by Gasteiger charge is -2.16. The van der Waals surface area contributed by atoms with Crippen molar-refractivity contribution in [2.24, 2.45) is 0 Å². The number of halogens is 5. The third-order valence-corrected chi connectivity index (χ3v) is 6.07. The van der Waals surface area contributed by atoms with Gasteiger partial charge in [-0.2, -0.15) is 13.2 Å². The number of anilines is 2. The minimum Gasteiger partial charge on any atom is -0.308 e. The average molecular weight is 547 g/mol. The van der Waals surface area contributed by atoms with Crippen molar-refractivity contribution in [3.8, 4) is 11.1 Å². The second-order valence-corrected chi connectivity index (χ2v) is 8.73. The topological polar surface area (TPSA) is 71.1 Å². The number of carbonyl (C=O) groups excluding carboxylic acids is 2. The minimum absolute atomic E-state index is 0.00288. The van der Waals surface area contributed by atoms with E-state index in [4.69, 9.17) is 0 Å². The summed E-state index contributed by atoms with van der Waals surface area (Å²) in [5.41, 5.74) is -0.116. The normalized spacial score (nSPS) is 11.3. The van der Waals surface area contributed by atoms with Crippen LogP contribution in [0.3, 0.4) is 0 Å². The van der Waals surface area contributed by atoms with Crippen LogP contribution in [-0.2, 0) is 6.18 Å². The fourth-order valence-corrected chi connectivity index (χ4v) is 4.30. The molecule has 0 atom stereocenters. The van der Waals surface area contributed by atoms with Crippen LogP contribution in [-0.4, -0.2) is 16.8 Å². The predicted molar refractivity (Wildman–Crippen MR) is 141 cm³/mol. The van der Waals surface area contributed by atoms with Crippen LogP contribution in [0.5, 0.6) is 0 Å². The van der Waals surface area contributed by atoms with Crippen LogP contribution in [0.25, 0.3) is 22.0 Å². The molecule has 5 rings (SSSR count). The van der Waals surface area contributed by atoms with Gasteiger partial charge in [-0.3, -0.25) is 9.78 Å². The van der Waals surface area contributed by atoms with Gasteiger partial charge in [-0.25, -0.2) is 13.6 Å². The Labute approximate surface area is 224 Å².